The van der Waals surface area contributed by atoms with E-state index in [0.29, 0.717) is 18.5 Å². The van der Waals surface area contributed by atoms with Crippen LogP contribution in [0.1, 0.15) is 18.0 Å². The van der Waals surface area contributed by atoms with Gasteiger partial charge in [0.2, 0.25) is 5.91 Å². The average molecular weight is 288 g/mol. The highest BCUT2D eigenvalue weighted by Crippen LogP contribution is 2.35. The summed E-state index contributed by atoms with van der Waals surface area (Å²) in [4.78, 5) is 16.3. The molecule has 3 rings (SSSR count). The van der Waals surface area contributed by atoms with Crippen LogP contribution < -0.4 is 16.0 Å². The number of nitrogens with one attached hydrogen (secondary N) is 1. The summed E-state index contributed by atoms with van der Waals surface area (Å²) in [5.41, 5.74) is 8.12. The molecule has 2 atom stereocenters. The Bertz CT molecular complexity index is 519. The van der Waals surface area contributed by atoms with Crippen molar-refractivity contribution in [2.45, 2.75) is 12.5 Å². The van der Waals surface area contributed by atoms with Gasteiger partial charge in [-0.25, -0.2) is 0 Å². The minimum Gasteiger partial charge on any atom is -0.330 e. The summed E-state index contributed by atoms with van der Waals surface area (Å²) in [5.74, 6) is 0.725. The van der Waals surface area contributed by atoms with Gasteiger partial charge in [0, 0.05) is 31.4 Å². The van der Waals surface area contributed by atoms with Gasteiger partial charge in [0.05, 0.1) is 6.54 Å². The van der Waals surface area contributed by atoms with Crippen LogP contribution in [0.4, 0.5) is 5.69 Å². The molecule has 2 aliphatic heterocycles. The molecule has 1 aromatic rings. The third-order valence-electron chi connectivity index (χ3n) is 4.62. The first-order valence-corrected chi connectivity index (χ1v) is 7.70. The molecule has 2 fully saturated rings. The fraction of sp³-hybridized carbons (Fsp3) is 0.562. The van der Waals surface area contributed by atoms with E-state index in [1.165, 1.54) is 5.56 Å². The molecule has 1 amide bonds. The third kappa shape index (κ3) is 2.95. The van der Waals surface area contributed by atoms with Crippen molar-refractivity contribution in [1.82, 2.24) is 10.2 Å². The van der Waals surface area contributed by atoms with Crippen LogP contribution in [-0.4, -0.2) is 50.6 Å². The minimum atomic E-state index is 0.151. The van der Waals surface area contributed by atoms with E-state index in [1.54, 1.807) is 0 Å². The van der Waals surface area contributed by atoms with Crippen molar-refractivity contribution in [3.05, 3.63) is 29.8 Å². The fourth-order valence-corrected chi connectivity index (χ4v) is 3.45. The third-order valence-corrected chi connectivity index (χ3v) is 4.62. The van der Waals surface area contributed by atoms with Crippen LogP contribution in [-0.2, 0) is 4.79 Å². The molecule has 1 aromatic carbocycles. The zero-order valence-corrected chi connectivity index (χ0v) is 12.6. The van der Waals surface area contributed by atoms with Gasteiger partial charge in [-0.1, -0.05) is 12.1 Å². The van der Waals surface area contributed by atoms with E-state index >= 15 is 0 Å². The molecule has 0 saturated carbocycles. The Morgan fingerprint density at radius 2 is 2.29 bits per heavy atom. The summed E-state index contributed by atoms with van der Waals surface area (Å²) in [6, 6.07) is 8.84. The van der Waals surface area contributed by atoms with Crippen molar-refractivity contribution in [3.63, 3.8) is 0 Å². The van der Waals surface area contributed by atoms with Crippen molar-refractivity contribution < 1.29 is 4.79 Å². The Kier molecular flexibility index (Phi) is 4.24. The van der Waals surface area contributed by atoms with Crippen LogP contribution in [0.2, 0.25) is 0 Å². The molecular formula is C16H24N4O. The molecule has 2 saturated heterocycles. The first-order chi connectivity index (χ1) is 10.2. The molecule has 21 heavy (non-hydrogen) atoms. The van der Waals surface area contributed by atoms with E-state index in [2.05, 4.69) is 35.5 Å². The number of benzene rings is 1. The predicted molar refractivity (Wildman–Crippen MR) is 84.2 cm³/mol. The van der Waals surface area contributed by atoms with Crippen molar-refractivity contribution in [3.8, 4) is 0 Å². The molecule has 0 bridgehead atoms. The van der Waals surface area contributed by atoms with Crippen LogP contribution >= 0.6 is 0 Å². The second-order valence-electron chi connectivity index (χ2n) is 6.11. The molecule has 5 heteroatoms. The van der Waals surface area contributed by atoms with Crippen molar-refractivity contribution >= 4 is 11.6 Å². The van der Waals surface area contributed by atoms with Gasteiger partial charge in [0.15, 0.2) is 0 Å². The lowest BCUT2D eigenvalue weighted by atomic mass is 9.99. The standard InChI is InChI=1S/C16H24N4O/c1-19-11-12(9-17)7-15(19)13-3-2-4-14(8-13)20-6-5-18-10-16(20)21/h2-4,8,12,15,18H,5-7,9-11,17H2,1H3. The quantitative estimate of drug-likeness (QED) is 0.854. The zero-order chi connectivity index (χ0) is 14.8. The first kappa shape index (κ1) is 14.5. The van der Waals surface area contributed by atoms with Gasteiger partial charge in [-0.15, -0.1) is 0 Å². The van der Waals surface area contributed by atoms with Crippen LogP contribution in [0.25, 0.3) is 0 Å². The van der Waals surface area contributed by atoms with Crippen LogP contribution in [0.15, 0.2) is 24.3 Å². The lowest BCUT2D eigenvalue weighted by Crippen LogP contribution is -2.48. The molecule has 0 aliphatic carbocycles. The second-order valence-corrected chi connectivity index (χ2v) is 6.11. The molecular weight excluding hydrogens is 264 g/mol. The summed E-state index contributed by atoms with van der Waals surface area (Å²) >= 11 is 0. The van der Waals surface area contributed by atoms with E-state index in [1.807, 2.05) is 11.0 Å². The highest BCUT2D eigenvalue weighted by atomic mass is 16.2. The molecule has 3 N–H and O–H groups in total. The number of hydrogen-bond donors (Lipinski definition) is 2. The highest BCUT2D eigenvalue weighted by Gasteiger charge is 2.30. The molecule has 0 spiro atoms. The van der Waals surface area contributed by atoms with Gasteiger partial charge in [0.1, 0.15) is 0 Å². The number of carbonyl (C=O) groups excluding carboxylic acids is 1. The van der Waals surface area contributed by atoms with E-state index in [0.717, 1.165) is 38.3 Å². The molecule has 0 radical (unpaired) electrons. The number of rotatable bonds is 3. The fourth-order valence-electron chi connectivity index (χ4n) is 3.45. The van der Waals surface area contributed by atoms with E-state index < -0.39 is 0 Å². The van der Waals surface area contributed by atoms with Crippen LogP contribution in [0, 0.1) is 5.92 Å². The zero-order valence-electron chi connectivity index (χ0n) is 12.6. The average Bonchev–Trinajstić information content (AvgIpc) is 2.89. The maximum Gasteiger partial charge on any atom is 0.240 e. The number of piperazine rings is 1. The number of hydrogen-bond acceptors (Lipinski definition) is 4. The van der Waals surface area contributed by atoms with Crippen LogP contribution in [0.5, 0.6) is 0 Å². The van der Waals surface area contributed by atoms with Crippen molar-refractivity contribution in [1.29, 1.82) is 0 Å². The molecule has 2 heterocycles. The van der Waals surface area contributed by atoms with Gasteiger partial charge in [0.25, 0.3) is 0 Å². The Hall–Kier alpha value is -1.43. The maximum atomic E-state index is 12.0. The van der Waals surface area contributed by atoms with E-state index in [4.69, 9.17) is 5.73 Å². The van der Waals surface area contributed by atoms with Gasteiger partial charge >= 0.3 is 0 Å². The minimum absolute atomic E-state index is 0.151. The summed E-state index contributed by atoms with van der Waals surface area (Å²) < 4.78 is 0. The van der Waals surface area contributed by atoms with E-state index in [-0.39, 0.29) is 5.91 Å². The lowest BCUT2D eigenvalue weighted by Gasteiger charge is -2.28. The maximum absolute atomic E-state index is 12.0. The number of amides is 1. The normalized spacial score (nSPS) is 27.3. The number of nitrogens with zero attached hydrogens (tertiary/aromatic N) is 2. The van der Waals surface area contributed by atoms with Crippen molar-refractivity contribution in [2.75, 3.05) is 44.7 Å². The van der Waals surface area contributed by atoms with Gasteiger partial charge < -0.3 is 16.0 Å². The SMILES string of the molecule is CN1CC(CN)CC1c1cccc(N2CCNCC2=O)c1. The summed E-state index contributed by atoms with van der Waals surface area (Å²) in [7, 11) is 2.16. The monoisotopic (exact) mass is 288 g/mol. The topological polar surface area (TPSA) is 61.6 Å². The lowest BCUT2D eigenvalue weighted by molar-refractivity contribution is -0.118. The summed E-state index contributed by atoms with van der Waals surface area (Å²) in [6.45, 7) is 3.83. The van der Waals surface area contributed by atoms with Gasteiger partial charge in [-0.3, -0.25) is 9.69 Å². The largest absolute Gasteiger partial charge is 0.330 e. The Labute approximate surface area is 126 Å². The number of carbonyl (C=O) groups is 1. The van der Waals surface area contributed by atoms with E-state index in [9.17, 15) is 4.79 Å². The van der Waals surface area contributed by atoms with Crippen molar-refractivity contribution in [2.24, 2.45) is 11.7 Å². The number of likely N-dealkylation sites (tertiary alicyclic amines) is 1. The molecule has 0 aromatic heterocycles. The first-order valence-electron chi connectivity index (χ1n) is 7.70. The Morgan fingerprint density at radius 1 is 1.43 bits per heavy atom. The second kappa shape index (κ2) is 6.13. The van der Waals surface area contributed by atoms with Crippen LogP contribution in [0.3, 0.4) is 0 Å². The molecule has 2 aliphatic rings. The highest BCUT2D eigenvalue weighted by molar-refractivity contribution is 5.95. The molecule has 5 nitrogen and oxygen atoms in total. The van der Waals surface area contributed by atoms with Gasteiger partial charge in [-0.05, 0) is 43.6 Å². The Morgan fingerprint density at radius 3 is 3.00 bits per heavy atom. The Balaban J connectivity index is 1.81. The summed E-state index contributed by atoms with van der Waals surface area (Å²) in [6.07, 6.45) is 1.10. The predicted octanol–water partition coefficient (Wildman–Crippen LogP) is 0.574. The number of nitrogens with two attached hydrogens (primary N) is 1. The molecule has 114 valence electrons. The molecule has 2 unspecified atom stereocenters. The number of anilines is 1. The van der Waals surface area contributed by atoms with Gasteiger partial charge in [-0.2, -0.15) is 0 Å². The summed E-state index contributed by atoms with van der Waals surface area (Å²) in [5, 5.41) is 3.11. The smallest absolute Gasteiger partial charge is 0.240 e.